The standard InChI is InChI=1S/C10H13IN2O2/c1-15-10(14)13-12-7-6-8-4-2-3-5-9(8)11/h2-5,12H,6-7H2,1H3,(H,13,14). The Bertz CT molecular complexity index is 331. The summed E-state index contributed by atoms with van der Waals surface area (Å²) in [5.41, 5.74) is 6.45. The molecule has 82 valence electrons. The molecule has 5 heteroatoms. The zero-order chi connectivity index (χ0) is 11.1. The summed E-state index contributed by atoms with van der Waals surface area (Å²) in [6, 6.07) is 8.14. The first-order chi connectivity index (χ1) is 7.24. The van der Waals surface area contributed by atoms with Crippen LogP contribution in [-0.4, -0.2) is 19.7 Å². The molecule has 0 aromatic heterocycles. The Morgan fingerprint density at radius 1 is 1.47 bits per heavy atom. The van der Waals surface area contributed by atoms with Crippen molar-refractivity contribution in [3.8, 4) is 0 Å². The van der Waals surface area contributed by atoms with Gasteiger partial charge in [0.05, 0.1) is 7.11 Å². The van der Waals surface area contributed by atoms with Crippen molar-refractivity contribution in [2.24, 2.45) is 0 Å². The van der Waals surface area contributed by atoms with Crippen molar-refractivity contribution in [2.45, 2.75) is 6.42 Å². The van der Waals surface area contributed by atoms with Crippen molar-refractivity contribution < 1.29 is 9.53 Å². The fourth-order valence-corrected chi connectivity index (χ4v) is 1.74. The van der Waals surface area contributed by atoms with Crippen LogP contribution in [0.3, 0.4) is 0 Å². The van der Waals surface area contributed by atoms with E-state index in [4.69, 9.17) is 0 Å². The molecule has 0 atom stereocenters. The van der Waals surface area contributed by atoms with Gasteiger partial charge in [0.2, 0.25) is 0 Å². The van der Waals surface area contributed by atoms with E-state index in [1.807, 2.05) is 12.1 Å². The Morgan fingerprint density at radius 3 is 2.87 bits per heavy atom. The second kappa shape index (κ2) is 6.62. The van der Waals surface area contributed by atoms with Crippen molar-refractivity contribution in [3.63, 3.8) is 0 Å². The van der Waals surface area contributed by atoms with E-state index in [0.29, 0.717) is 6.54 Å². The quantitative estimate of drug-likeness (QED) is 0.504. The largest absolute Gasteiger partial charge is 0.452 e. The molecule has 1 aromatic carbocycles. The summed E-state index contributed by atoms with van der Waals surface area (Å²) in [6.07, 6.45) is 0.390. The van der Waals surface area contributed by atoms with E-state index in [9.17, 15) is 4.79 Å². The van der Waals surface area contributed by atoms with E-state index in [1.165, 1.54) is 16.2 Å². The van der Waals surface area contributed by atoms with Crippen LogP contribution in [0.15, 0.2) is 24.3 Å². The van der Waals surface area contributed by atoms with Gasteiger partial charge in [-0.25, -0.2) is 10.2 Å². The zero-order valence-electron chi connectivity index (χ0n) is 8.42. The van der Waals surface area contributed by atoms with Gasteiger partial charge in [0.15, 0.2) is 0 Å². The van der Waals surface area contributed by atoms with Crippen molar-refractivity contribution in [2.75, 3.05) is 13.7 Å². The summed E-state index contributed by atoms with van der Waals surface area (Å²) in [5.74, 6) is 0. The maximum absolute atomic E-state index is 10.7. The number of amides is 1. The summed E-state index contributed by atoms with van der Waals surface area (Å²) in [7, 11) is 1.33. The van der Waals surface area contributed by atoms with Crippen LogP contribution in [-0.2, 0) is 11.2 Å². The Hall–Kier alpha value is -0.820. The minimum Gasteiger partial charge on any atom is -0.452 e. The molecule has 0 bridgehead atoms. The Morgan fingerprint density at radius 2 is 2.20 bits per heavy atom. The van der Waals surface area contributed by atoms with Crippen LogP contribution >= 0.6 is 22.6 Å². The van der Waals surface area contributed by atoms with Crippen LogP contribution in [0.2, 0.25) is 0 Å². The molecular weight excluding hydrogens is 307 g/mol. The van der Waals surface area contributed by atoms with Gasteiger partial charge in [-0.3, -0.25) is 5.43 Å². The number of ether oxygens (including phenoxy) is 1. The zero-order valence-corrected chi connectivity index (χ0v) is 10.6. The van der Waals surface area contributed by atoms with Gasteiger partial charge in [-0.2, -0.15) is 0 Å². The number of hydrogen-bond acceptors (Lipinski definition) is 3. The van der Waals surface area contributed by atoms with E-state index in [0.717, 1.165) is 6.42 Å². The number of hydrogen-bond donors (Lipinski definition) is 2. The summed E-state index contributed by atoms with van der Waals surface area (Å²) in [4.78, 5) is 10.7. The second-order valence-corrected chi connectivity index (χ2v) is 4.05. The lowest BCUT2D eigenvalue weighted by Gasteiger charge is -2.06. The summed E-state index contributed by atoms with van der Waals surface area (Å²) in [6.45, 7) is 0.676. The van der Waals surface area contributed by atoms with E-state index in [-0.39, 0.29) is 0 Å². The Labute approximate surface area is 102 Å². The average molecular weight is 320 g/mol. The highest BCUT2D eigenvalue weighted by molar-refractivity contribution is 14.1. The van der Waals surface area contributed by atoms with Crippen LogP contribution < -0.4 is 10.9 Å². The fraction of sp³-hybridized carbons (Fsp3) is 0.300. The molecule has 1 amide bonds. The molecular formula is C10H13IN2O2. The van der Waals surface area contributed by atoms with Crippen molar-refractivity contribution in [1.82, 2.24) is 10.9 Å². The van der Waals surface area contributed by atoms with Crippen LogP contribution in [0, 0.1) is 3.57 Å². The van der Waals surface area contributed by atoms with Gasteiger partial charge in [0, 0.05) is 10.1 Å². The minimum atomic E-state index is -0.474. The highest BCUT2D eigenvalue weighted by atomic mass is 127. The van der Waals surface area contributed by atoms with Crippen molar-refractivity contribution in [1.29, 1.82) is 0 Å². The number of rotatable bonds is 4. The van der Waals surface area contributed by atoms with Gasteiger partial charge >= 0.3 is 6.09 Å². The van der Waals surface area contributed by atoms with E-state index >= 15 is 0 Å². The topological polar surface area (TPSA) is 50.4 Å². The molecule has 0 unspecified atom stereocenters. The summed E-state index contributed by atoms with van der Waals surface area (Å²) < 4.78 is 5.64. The van der Waals surface area contributed by atoms with Crippen LogP contribution in [0.4, 0.5) is 4.79 Å². The van der Waals surface area contributed by atoms with Crippen molar-refractivity contribution >= 4 is 28.7 Å². The van der Waals surface area contributed by atoms with Gasteiger partial charge in [-0.05, 0) is 40.6 Å². The van der Waals surface area contributed by atoms with Gasteiger partial charge < -0.3 is 4.74 Å². The van der Waals surface area contributed by atoms with Gasteiger partial charge in [0.25, 0.3) is 0 Å². The third kappa shape index (κ3) is 4.48. The molecule has 0 saturated carbocycles. The first-order valence-electron chi connectivity index (χ1n) is 4.54. The molecule has 0 fully saturated rings. The molecule has 0 saturated heterocycles. The minimum absolute atomic E-state index is 0.474. The summed E-state index contributed by atoms with van der Waals surface area (Å²) in [5, 5.41) is 0. The van der Waals surface area contributed by atoms with E-state index in [2.05, 4.69) is 50.3 Å². The van der Waals surface area contributed by atoms with Gasteiger partial charge in [-0.15, -0.1) is 0 Å². The molecule has 1 rings (SSSR count). The van der Waals surface area contributed by atoms with Crippen LogP contribution in [0.1, 0.15) is 5.56 Å². The molecule has 0 heterocycles. The van der Waals surface area contributed by atoms with Gasteiger partial charge in [0.1, 0.15) is 0 Å². The second-order valence-electron chi connectivity index (χ2n) is 2.88. The van der Waals surface area contributed by atoms with Crippen LogP contribution in [0.25, 0.3) is 0 Å². The van der Waals surface area contributed by atoms with Crippen molar-refractivity contribution in [3.05, 3.63) is 33.4 Å². The van der Waals surface area contributed by atoms with Gasteiger partial charge in [-0.1, -0.05) is 18.2 Å². The molecule has 15 heavy (non-hydrogen) atoms. The predicted molar refractivity (Wildman–Crippen MR) is 66.4 cm³/mol. The highest BCUT2D eigenvalue weighted by Crippen LogP contribution is 2.11. The Balaban J connectivity index is 2.26. The molecule has 1 aromatic rings. The third-order valence-electron chi connectivity index (χ3n) is 1.85. The number of carbonyl (C=O) groups excluding carboxylic acids is 1. The predicted octanol–water partition coefficient (Wildman–Crippen LogP) is 1.69. The first-order valence-corrected chi connectivity index (χ1v) is 5.62. The molecule has 4 nitrogen and oxygen atoms in total. The summed E-state index contributed by atoms with van der Waals surface area (Å²) >= 11 is 2.29. The Kier molecular flexibility index (Phi) is 5.41. The molecule has 0 spiro atoms. The monoisotopic (exact) mass is 320 g/mol. The average Bonchev–Trinajstić information content (AvgIpc) is 2.26. The smallest absolute Gasteiger partial charge is 0.421 e. The molecule has 2 N–H and O–H groups in total. The lowest BCUT2D eigenvalue weighted by atomic mass is 10.2. The highest BCUT2D eigenvalue weighted by Gasteiger charge is 1.99. The number of methoxy groups -OCH3 is 1. The lowest BCUT2D eigenvalue weighted by Crippen LogP contribution is -2.38. The maximum atomic E-state index is 10.7. The molecule has 0 radical (unpaired) electrons. The fourth-order valence-electron chi connectivity index (χ4n) is 1.08. The maximum Gasteiger partial charge on any atom is 0.421 e. The number of halogens is 1. The number of hydrazine groups is 1. The number of carbonyl (C=O) groups is 1. The third-order valence-corrected chi connectivity index (χ3v) is 2.91. The first kappa shape index (κ1) is 12.3. The van der Waals surface area contributed by atoms with E-state index < -0.39 is 6.09 Å². The SMILES string of the molecule is COC(=O)NNCCc1ccccc1I. The molecule has 0 aliphatic heterocycles. The molecule has 0 aliphatic carbocycles. The number of nitrogens with one attached hydrogen (secondary N) is 2. The number of benzene rings is 1. The van der Waals surface area contributed by atoms with E-state index in [1.54, 1.807) is 0 Å². The lowest BCUT2D eigenvalue weighted by molar-refractivity contribution is 0.166. The molecule has 0 aliphatic rings. The normalized spacial score (nSPS) is 9.73. The van der Waals surface area contributed by atoms with Crippen LogP contribution in [0.5, 0.6) is 0 Å².